The maximum atomic E-state index is 12.0. The molecule has 0 spiro atoms. The average Bonchev–Trinajstić information content (AvgIpc) is 3.04. The Morgan fingerprint density at radius 3 is 2.59 bits per heavy atom. The van der Waals surface area contributed by atoms with Crippen molar-refractivity contribution >= 4 is 29.3 Å². The number of benzene rings is 2. The van der Waals surface area contributed by atoms with Crippen molar-refractivity contribution in [3.05, 3.63) is 59.1 Å². The van der Waals surface area contributed by atoms with Crippen LogP contribution in [0.25, 0.3) is 17.1 Å². The SMILES string of the molecule is Cc1cccc(-c2nnc(SCC(=O)NC(C)C)n2-c2ccc(Cl)cc2)c1. The molecule has 0 atom stereocenters. The predicted molar refractivity (Wildman–Crippen MR) is 111 cm³/mol. The number of hydrogen-bond donors (Lipinski definition) is 1. The molecule has 1 amide bonds. The molecule has 2 aromatic carbocycles. The van der Waals surface area contributed by atoms with Crippen molar-refractivity contribution in [2.24, 2.45) is 0 Å². The van der Waals surface area contributed by atoms with E-state index in [1.165, 1.54) is 11.8 Å². The molecule has 0 unspecified atom stereocenters. The van der Waals surface area contributed by atoms with Crippen molar-refractivity contribution in [3.8, 4) is 17.1 Å². The number of hydrogen-bond acceptors (Lipinski definition) is 4. The number of carbonyl (C=O) groups excluding carboxylic acids is 1. The molecule has 0 aliphatic carbocycles. The van der Waals surface area contributed by atoms with E-state index in [-0.39, 0.29) is 17.7 Å². The van der Waals surface area contributed by atoms with Crippen molar-refractivity contribution in [1.82, 2.24) is 20.1 Å². The molecule has 27 heavy (non-hydrogen) atoms. The molecule has 0 saturated carbocycles. The fraction of sp³-hybridized carbons (Fsp3) is 0.250. The van der Waals surface area contributed by atoms with E-state index in [0.717, 1.165) is 22.6 Å². The Hall–Kier alpha value is -2.31. The lowest BCUT2D eigenvalue weighted by Gasteiger charge is -2.11. The number of nitrogens with one attached hydrogen (secondary N) is 1. The third-order valence-electron chi connectivity index (χ3n) is 3.78. The summed E-state index contributed by atoms with van der Waals surface area (Å²) in [5.74, 6) is 0.975. The molecule has 1 N–H and O–H groups in total. The van der Waals surface area contributed by atoms with Gasteiger partial charge < -0.3 is 5.32 Å². The minimum absolute atomic E-state index is 0.0299. The molecule has 0 fully saturated rings. The van der Waals surface area contributed by atoms with Crippen molar-refractivity contribution < 1.29 is 4.79 Å². The molecule has 0 saturated heterocycles. The quantitative estimate of drug-likeness (QED) is 0.618. The topological polar surface area (TPSA) is 59.8 Å². The molecule has 1 aromatic heterocycles. The van der Waals surface area contributed by atoms with Gasteiger partial charge in [-0.15, -0.1) is 10.2 Å². The summed E-state index contributed by atoms with van der Waals surface area (Å²) in [6.45, 7) is 5.92. The second-order valence-corrected chi connectivity index (χ2v) is 7.88. The second kappa shape index (κ2) is 8.59. The number of rotatable bonds is 6. The third kappa shape index (κ3) is 4.90. The summed E-state index contributed by atoms with van der Waals surface area (Å²) in [5.41, 5.74) is 3.01. The van der Waals surface area contributed by atoms with E-state index >= 15 is 0 Å². The van der Waals surface area contributed by atoms with E-state index < -0.39 is 0 Å². The number of nitrogens with zero attached hydrogens (tertiary/aromatic N) is 3. The van der Waals surface area contributed by atoms with Gasteiger partial charge in [0.2, 0.25) is 5.91 Å². The molecule has 3 aromatic rings. The summed E-state index contributed by atoms with van der Waals surface area (Å²) < 4.78 is 1.96. The van der Waals surface area contributed by atoms with E-state index in [9.17, 15) is 4.79 Å². The van der Waals surface area contributed by atoms with Crippen LogP contribution < -0.4 is 5.32 Å². The maximum Gasteiger partial charge on any atom is 0.230 e. The molecule has 0 aliphatic heterocycles. The number of aromatic nitrogens is 3. The highest BCUT2D eigenvalue weighted by atomic mass is 35.5. The van der Waals surface area contributed by atoms with Crippen LogP contribution in [0.2, 0.25) is 5.02 Å². The standard InChI is InChI=1S/C20H21ClN4OS/c1-13(2)22-18(26)12-27-20-24-23-19(15-6-4-5-14(3)11-15)25(20)17-9-7-16(21)8-10-17/h4-11,13H,12H2,1-3H3,(H,22,26). The van der Waals surface area contributed by atoms with Gasteiger partial charge in [-0.25, -0.2) is 0 Å². The molecule has 0 aliphatic rings. The van der Waals surface area contributed by atoms with Gasteiger partial charge in [0.25, 0.3) is 0 Å². The third-order valence-corrected chi connectivity index (χ3v) is 4.96. The van der Waals surface area contributed by atoms with E-state index in [1.54, 1.807) is 0 Å². The van der Waals surface area contributed by atoms with Gasteiger partial charge >= 0.3 is 0 Å². The summed E-state index contributed by atoms with van der Waals surface area (Å²) in [5, 5.41) is 12.9. The molecule has 0 radical (unpaired) electrons. The number of thioether (sulfide) groups is 1. The highest BCUT2D eigenvalue weighted by Gasteiger charge is 2.17. The van der Waals surface area contributed by atoms with Crippen LogP contribution in [0.3, 0.4) is 0 Å². The van der Waals surface area contributed by atoms with Crippen molar-refractivity contribution in [2.75, 3.05) is 5.75 Å². The van der Waals surface area contributed by atoms with Crippen LogP contribution >= 0.6 is 23.4 Å². The summed E-state index contributed by atoms with van der Waals surface area (Å²) in [7, 11) is 0. The minimum atomic E-state index is -0.0299. The fourth-order valence-corrected chi connectivity index (χ4v) is 3.54. The fourth-order valence-electron chi connectivity index (χ4n) is 2.65. The van der Waals surface area contributed by atoms with Gasteiger partial charge in [-0.3, -0.25) is 9.36 Å². The minimum Gasteiger partial charge on any atom is -0.353 e. The molecular formula is C20H21ClN4OS. The number of carbonyl (C=O) groups is 1. The van der Waals surface area contributed by atoms with Gasteiger partial charge in [0.05, 0.1) is 5.75 Å². The maximum absolute atomic E-state index is 12.0. The zero-order chi connectivity index (χ0) is 19.4. The lowest BCUT2D eigenvalue weighted by Crippen LogP contribution is -2.31. The number of amides is 1. The lowest BCUT2D eigenvalue weighted by molar-refractivity contribution is -0.119. The van der Waals surface area contributed by atoms with E-state index in [1.807, 2.05) is 67.8 Å². The second-order valence-electron chi connectivity index (χ2n) is 6.50. The van der Waals surface area contributed by atoms with Crippen LogP contribution in [0.1, 0.15) is 19.4 Å². The summed E-state index contributed by atoms with van der Waals surface area (Å²) in [6, 6.07) is 15.7. The van der Waals surface area contributed by atoms with Crippen LogP contribution in [0, 0.1) is 6.92 Å². The molecule has 5 nitrogen and oxygen atoms in total. The molecular weight excluding hydrogens is 380 g/mol. The average molecular weight is 401 g/mol. The number of halogens is 1. The van der Waals surface area contributed by atoms with Gasteiger partial charge in [0, 0.05) is 22.3 Å². The van der Waals surface area contributed by atoms with Crippen LogP contribution in [-0.2, 0) is 4.79 Å². The van der Waals surface area contributed by atoms with Crippen molar-refractivity contribution in [2.45, 2.75) is 32.0 Å². The smallest absolute Gasteiger partial charge is 0.230 e. The molecule has 1 heterocycles. The van der Waals surface area contributed by atoms with E-state index in [0.29, 0.717) is 10.2 Å². The lowest BCUT2D eigenvalue weighted by atomic mass is 10.1. The Bertz CT molecular complexity index is 937. The first kappa shape index (κ1) is 19.5. The van der Waals surface area contributed by atoms with Crippen molar-refractivity contribution in [1.29, 1.82) is 0 Å². The van der Waals surface area contributed by atoms with Gasteiger partial charge in [-0.2, -0.15) is 0 Å². The largest absolute Gasteiger partial charge is 0.353 e. The Morgan fingerprint density at radius 2 is 1.93 bits per heavy atom. The van der Waals surface area contributed by atoms with Gasteiger partial charge in [-0.05, 0) is 51.1 Å². The molecule has 0 bridgehead atoms. The van der Waals surface area contributed by atoms with Crippen LogP contribution in [0.5, 0.6) is 0 Å². The molecule has 140 valence electrons. The highest BCUT2D eigenvalue weighted by molar-refractivity contribution is 7.99. The first-order valence-corrected chi connectivity index (χ1v) is 10.0. The monoisotopic (exact) mass is 400 g/mol. The Morgan fingerprint density at radius 1 is 1.19 bits per heavy atom. The summed E-state index contributed by atoms with van der Waals surface area (Å²) >= 11 is 7.40. The van der Waals surface area contributed by atoms with Crippen LogP contribution in [0.4, 0.5) is 0 Å². The van der Waals surface area contributed by atoms with E-state index in [4.69, 9.17) is 11.6 Å². The van der Waals surface area contributed by atoms with Crippen LogP contribution in [-0.4, -0.2) is 32.5 Å². The van der Waals surface area contributed by atoms with Gasteiger partial charge in [0.1, 0.15) is 0 Å². The van der Waals surface area contributed by atoms with E-state index in [2.05, 4.69) is 21.6 Å². The Kier molecular flexibility index (Phi) is 6.19. The predicted octanol–water partition coefficient (Wildman–Crippen LogP) is 4.51. The first-order chi connectivity index (χ1) is 12.9. The van der Waals surface area contributed by atoms with Crippen molar-refractivity contribution in [3.63, 3.8) is 0 Å². The van der Waals surface area contributed by atoms with Gasteiger partial charge in [0.15, 0.2) is 11.0 Å². The molecule has 7 heteroatoms. The zero-order valence-corrected chi connectivity index (χ0v) is 17.0. The summed E-state index contributed by atoms with van der Waals surface area (Å²) in [4.78, 5) is 12.0. The number of aryl methyl sites for hydroxylation is 1. The molecule has 3 rings (SSSR count). The van der Waals surface area contributed by atoms with Gasteiger partial charge in [-0.1, -0.05) is 47.1 Å². The first-order valence-electron chi connectivity index (χ1n) is 8.64. The Balaban J connectivity index is 1.98. The normalized spacial score (nSPS) is 11.0. The highest BCUT2D eigenvalue weighted by Crippen LogP contribution is 2.29. The Labute approximate surface area is 168 Å². The summed E-state index contributed by atoms with van der Waals surface area (Å²) in [6.07, 6.45) is 0. The zero-order valence-electron chi connectivity index (χ0n) is 15.4. The van der Waals surface area contributed by atoms with Crippen LogP contribution in [0.15, 0.2) is 53.7 Å².